The summed E-state index contributed by atoms with van der Waals surface area (Å²) in [7, 11) is 1.62. The van der Waals surface area contributed by atoms with Crippen molar-refractivity contribution in [2.24, 2.45) is 0 Å². The van der Waals surface area contributed by atoms with Crippen molar-refractivity contribution in [1.82, 2.24) is 39.6 Å². The van der Waals surface area contributed by atoms with Gasteiger partial charge in [0.1, 0.15) is 11.5 Å². The van der Waals surface area contributed by atoms with E-state index in [-0.39, 0.29) is 42.5 Å². The summed E-state index contributed by atoms with van der Waals surface area (Å²) < 4.78 is 40.7. The first kappa shape index (κ1) is 29.7. The largest absolute Gasteiger partial charge is 0.416 e. The van der Waals surface area contributed by atoms with Crippen molar-refractivity contribution < 1.29 is 22.8 Å². The molecule has 0 aliphatic heterocycles. The van der Waals surface area contributed by atoms with E-state index < -0.39 is 17.2 Å². The molecule has 1 aromatic carbocycles. The lowest BCUT2D eigenvalue weighted by atomic mass is 9.87. The van der Waals surface area contributed by atoms with Gasteiger partial charge < -0.3 is 9.80 Å². The topological polar surface area (TPSA) is 112 Å². The molecule has 13 heteroatoms. The quantitative estimate of drug-likeness (QED) is 0.343. The number of carbonyl (C=O) groups excluding carboxylic acids is 2. The molecule has 0 saturated carbocycles. The van der Waals surface area contributed by atoms with Gasteiger partial charge in [0.25, 0.3) is 11.8 Å². The van der Waals surface area contributed by atoms with Crippen LogP contribution < -0.4 is 0 Å². The number of benzene rings is 1. The maximum absolute atomic E-state index is 13.6. The number of rotatable bonds is 7. The fraction of sp³-hybridized carbons (Fsp3) is 0.429. The summed E-state index contributed by atoms with van der Waals surface area (Å²) in [5.74, 6) is -0.126. The maximum atomic E-state index is 13.6. The second-order valence-electron chi connectivity index (χ2n) is 11.2. The number of imidazole rings is 1. The fourth-order valence-corrected chi connectivity index (χ4v) is 4.31. The van der Waals surface area contributed by atoms with Crippen LogP contribution in [-0.2, 0) is 11.6 Å². The summed E-state index contributed by atoms with van der Waals surface area (Å²) >= 11 is 0. The Hall–Kier alpha value is -4.29. The first-order valence-electron chi connectivity index (χ1n) is 13.1. The fourth-order valence-electron chi connectivity index (χ4n) is 4.31. The van der Waals surface area contributed by atoms with Gasteiger partial charge in [-0.3, -0.25) is 14.7 Å². The minimum atomic E-state index is -4.44. The molecule has 4 rings (SSSR count). The molecule has 1 N–H and O–H groups in total. The first-order valence-corrected chi connectivity index (χ1v) is 13.1. The number of hydrogen-bond donors (Lipinski definition) is 1. The van der Waals surface area contributed by atoms with E-state index in [1.54, 1.807) is 24.9 Å². The molecule has 0 aliphatic rings. The summed E-state index contributed by atoms with van der Waals surface area (Å²) in [4.78, 5) is 38.0. The number of aromatic nitrogens is 6. The van der Waals surface area contributed by atoms with Gasteiger partial charge in [0.15, 0.2) is 5.65 Å². The molecule has 0 saturated heterocycles. The molecule has 0 radical (unpaired) electrons. The zero-order valence-corrected chi connectivity index (χ0v) is 24.0. The number of H-pyrrole nitrogens is 1. The predicted octanol–water partition coefficient (Wildman–Crippen LogP) is 4.76. The Labute approximate surface area is 235 Å². The molecule has 41 heavy (non-hydrogen) atoms. The molecular formula is C28H33F3N8O2. The van der Waals surface area contributed by atoms with Crippen LogP contribution in [0.1, 0.15) is 72.7 Å². The van der Waals surface area contributed by atoms with Crippen LogP contribution in [0.5, 0.6) is 0 Å². The zero-order chi connectivity index (χ0) is 30.3. The van der Waals surface area contributed by atoms with E-state index in [2.05, 4.69) is 25.3 Å². The van der Waals surface area contributed by atoms with Crippen molar-refractivity contribution in [3.63, 3.8) is 0 Å². The molecule has 0 fully saturated rings. The molecule has 3 heterocycles. The average Bonchev–Trinajstić information content (AvgIpc) is 3.52. The van der Waals surface area contributed by atoms with Crippen molar-refractivity contribution >= 4 is 17.5 Å². The molecule has 10 nitrogen and oxygen atoms in total. The van der Waals surface area contributed by atoms with Crippen LogP contribution in [-0.4, -0.2) is 77.6 Å². The highest BCUT2D eigenvalue weighted by atomic mass is 19.4. The molecule has 218 valence electrons. The van der Waals surface area contributed by atoms with Crippen molar-refractivity contribution in [3.05, 3.63) is 65.0 Å². The summed E-state index contributed by atoms with van der Waals surface area (Å²) in [5, 5.41) is 11.1. The van der Waals surface area contributed by atoms with Crippen molar-refractivity contribution in [2.75, 3.05) is 20.1 Å². The summed E-state index contributed by atoms with van der Waals surface area (Å²) in [6.07, 6.45) is -2.91. The Bertz CT molecular complexity index is 1570. The SMILES string of the molecule is Cc1nc(C(=O)N(C)CCN(C(=O)c2cn3nc(-c4ccc(C(F)(F)F)cc4)cc(C(C)(C)C)c3n2)C(C)C)n[nH]1. The highest BCUT2D eigenvalue weighted by Gasteiger charge is 2.31. The molecule has 3 aromatic heterocycles. The molecule has 0 bridgehead atoms. The third kappa shape index (κ3) is 6.39. The van der Waals surface area contributed by atoms with Crippen LogP contribution >= 0.6 is 0 Å². The van der Waals surface area contributed by atoms with Gasteiger partial charge in [-0.05, 0) is 44.4 Å². The Kier molecular flexibility index (Phi) is 7.92. The lowest BCUT2D eigenvalue weighted by Gasteiger charge is -2.28. The standard InChI is InChI=1S/C28H33F3N8O2/c1-16(2)38(13-12-37(7)26(41)23-32-17(3)34-35-23)25(40)22-15-39-24(33-22)20(27(4,5)6)14-21(36-39)18-8-10-19(11-9-18)28(29,30)31/h8-11,14-16H,12-13H2,1-7H3,(H,32,34,35). The number of hydrogen-bond acceptors (Lipinski definition) is 6. The number of nitrogens with one attached hydrogen (secondary N) is 1. The minimum Gasteiger partial charge on any atom is -0.337 e. The third-order valence-corrected chi connectivity index (χ3v) is 6.66. The molecule has 0 aliphatic carbocycles. The van der Waals surface area contributed by atoms with Crippen LogP contribution in [0.15, 0.2) is 36.5 Å². The van der Waals surface area contributed by atoms with Crippen molar-refractivity contribution in [2.45, 2.75) is 59.2 Å². The van der Waals surface area contributed by atoms with Gasteiger partial charge in [-0.25, -0.2) is 14.5 Å². The van der Waals surface area contributed by atoms with Crippen LogP contribution in [0.25, 0.3) is 16.9 Å². The predicted molar refractivity (Wildman–Crippen MR) is 146 cm³/mol. The van der Waals surface area contributed by atoms with Crippen LogP contribution in [0, 0.1) is 6.92 Å². The average molecular weight is 571 g/mol. The number of halogens is 3. The number of aromatic amines is 1. The lowest BCUT2D eigenvalue weighted by molar-refractivity contribution is -0.137. The molecule has 4 aromatic rings. The summed E-state index contributed by atoms with van der Waals surface area (Å²) in [6.45, 7) is 11.9. The highest BCUT2D eigenvalue weighted by Crippen LogP contribution is 2.33. The van der Waals surface area contributed by atoms with Gasteiger partial charge in [0, 0.05) is 37.3 Å². The number of aryl methyl sites for hydroxylation is 1. The minimum absolute atomic E-state index is 0.0532. The van der Waals surface area contributed by atoms with Gasteiger partial charge in [-0.1, -0.05) is 32.9 Å². The van der Waals surface area contributed by atoms with E-state index in [0.29, 0.717) is 22.7 Å². The number of alkyl halides is 3. The Morgan fingerprint density at radius 3 is 2.22 bits per heavy atom. The Morgan fingerprint density at radius 2 is 1.68 bits per heavy atom. The van der Waals surface area contributed by atoms with E-state index >= 15 is 0 Å². The number of carbonyl (C=O) groups is 2. The number of nitrogens with zero attached hydrogens (tertiary/aromatic N) is 7. The molecule has 0 atom stereocenters. The molecular weight excluding hydrogens is 537 g/mol. The Morgan fingerprint density at radius 1 is 1.02 bits per heavy atom. The van der Waals surface area contributed by atoms with Gasteiger partial charge >= 0.3 is 6.18 Å². The second kappa shape index (κ2) is 10.9. The van der Waals surface area contributed by atoms with E-state index in [9.17, 15) is 22.8 Å². The van der Waals surface area contributed by atoms with Crippen molar-refractivity contribution in [1.29, 1.82) is 0 Å². The third-order valence-electron chi connectivity index (χ3n) is 6.66. The van der Waals surface area contributed by atoms with Gasteiger partial charge in [0.2, 0.25) is 5.82 Å². The summed E-state index contributed by atoms with van der Waals surface area (Å²) in [6, 6.07) is 6.40. The van der Waals surface area contributed by atoms with E-state index in [1.165, 1.54) is 27.7 Å². The highest BCUT2D eigenvalue weighted by molar-refractivity contribution is 5.93. The van der Waals surface area contributed by atoms with E-state index in [4.69, 9.17) is 0 Å². The lowest BCUT2D eigenvalue weighted by Crippen LogP contribution is -2.43. The normalized spacial score (nSPS) is 12.3. The molecule has 2 amide bonds. The van der Waals surface area contributed by atoms with Gasteiger partial charge in [0.05, 0.1) is 17.5 Å². The van der Waals surface area contributed by atoms with Crippen molar-refractivity contribution in [3.8, 4) is 11.3 Å². The smallest absolute Gasteiger partial charge is 0.337 e. The van der Waals surface area contributed by atoms with E-state index in [1.807, 2.05) is 34.6 Å². The summed E-state index contributed by atoms with van der Waals surface area (Å²) in [5.41, 5.74) is 1.24. The maximum Gasteiger partial charge on any atom is 0.416 e. The Balaban J connectivity index is 1.64. The van der Waals surface area contributed by atoms with Crippen LogP contribution in [0.3, 0.4) is 0 Å². The number of likely N-dealkylation sites (N-methyl/N-ethyl adjacent to an activating group) is 1. The first-order chi connectivity index (χ1) is 19.1. The molecule has 0 spiro atoms. The molecule has 0 unspecified atom stereocenters. The zero-order valence-electron chi connectivity index (χ0n) is 24.0. The van der Waals surface area contributed by atoms with Crippen LogP contribution in [0.4, 0.5) is 13.2 Å². The number of amides is 2. The monoisotopic (exact) mass is 570 g/mol. The second-order valence-corrected chi connectivity index (χ2v) is 11.2. The van der Waals surface area contributed by atoms with Crippen LogP contribution in [0.2, 0.25) is 0 Å². The van der Waals surface area contributed by atoms with Gasteiger partial charge in [-0.2, -0.15) is 18.3 Å². The van der Waals surface area contributed by atoms with Gasteiger partial charge in [-0.15, -0.1) is 5.10 Å². The van der Waals surface area contributed by atoms with E-state index in [0.717, 1.165) is 17.7 Å². The number of fused-ring (bicyclic) bond motifs is 1.